The number of benzene rings is 1. The van der Waals surface area contributed by atoms with E-state index in [0.29, 0.717) is 11.5 Å². The highest BCUT2D eigenvalue weighted by Crippen LogP contribution is 2.32. The highest BCUT2D eigenvalue weighted by Gasteiger charge is 2.20. The van der Waals surface area contributed by atoms with Crippen molar-refractivity contribution in [1.82, 2.24) is 5.43 Å². The zero-order valence-electron chi connectivity index (χ0n) is 13.0. The molecule has 0 aliphatic rings. The smallest absolute Gasteiger partial charge is 0.161 e. The highest BCUT2D eigenvalue weighted by molar-refractivity contribution is 5.43. The van der Waals surface area contributed by atoms with Crippen molar-refractivity contribution in [3.05, 3.63) is 23.8 Å². The van der Waals surface area contributed by atoms with Crippen LogP contribution in [0.3, 0.4) is 0 Å². The molecular weight excluding hydrogens is 256 g/mol. The lowest BCUT2D eigenvalue weighted by molar-refractivity contribution is 0.0117. The van der Waals surface area contributed by atoms with Gasteiger partial charge in [-0.3, -0.25) is 11.3 Å². The van der Waals surface area contributed by atoms with Gasteiger partial charge in [-0.2, -0.15) is 0 Å². The molecular formula is C15H26N2O3. The van der Waals surface area contributed by atoms with Crippen LogP contribution in [0.15, 0.2) is 18.2 Å². The van der Waals surface area contributed by atoms with Gasteiger partial charge in [0, 0.05) is 13.2 Å². The summed E-state index contributed by atoms with van der Waals surface area (Å²) in [6.45, 7) is 4.13. The molecule has 0 radical (unpaired) electrons. The zero-order valence-corrected chi connectivity index (χ0v) is 13.0. The predicted octanol–water partition coefficient (Wildman–Crippen LogP) is 2.41. The molecule has 0 aliphatic heterocycles. The minimum absolute atomic E-state index is 0.0456. The summed E-state index contributed by atoms with van der Waals surface area (Å²) in [6.07, 6.45) is 1.76. The first-order chi connectivity index (χ1) is 9.47. The van der Waals surface area contributed by atoms with E-state index >= 15 is 0 Å². The fraction of sp³-hybridized carbons (Fsp3) is 0.600. The molecule has 0 aromatic heterocycles. The molecule has 0 bridgehead atoms. The van der Waals surface area contributed by atoms with E-state index in [-0.39, 0.29) is 11.6 Å². The summed E-state index contributed by atoms with van der Waals surface area (Å²) < 4.78 is 16.0. The first-order valence-electron chi connectivity index (χ1n) is 6.70. The summed E-state index contributed by atoms with van der Waals surface area (Å²) in [7, 11) is 4.97. The predicted molar refractivity (Wildman–Crippen MR) is 79.9 cm³/mol. The second-order valence-electron chi connectivity index (χ2n) is 5.34. The highest BCUT2D eigenvalue weighted by atomic mass is 16.5. The number of hydrazine groups is 1. The maximum atomic E-state index is 5.67. The van der Waals surface area contributed by atoms with Crippen LogP contribution in [0.2, 0.25) is 0 Å². The van der Waals surface area contributed by atoms with Crippen LogP contribution in [-0.2, 0) is 4.74 Å². The molecule has 0 saturated heterocycles. The van der Waals surface area contributed by atoms with Crippen LogP contribution in [0, 0.1) is 0 Å². The number of nitrogens with two attached hydrogens (primary N) is 1. The van der Waals surface area contributed by atoms with Crippen molar-refractivity contribution < 1.29 is 14.2 Å². The lowest BCUT2D eigenvalue weighted by Crippen LogP contribution is -2.31. The Morgan fingerprint density at radius 3 is 2.30 bits per heavy atom. The van der Waals surface area contributed by atoms with E-state index in [1.165, 1.54) is 0 Å². The first-order valence-corrected chi connectivity index (χ1v) is 6.70. The largest absolute Gasteiger partial charge is 0.493 e. The van der Waals surface area contributed by atoms with Gasteiger partial charge in [-0.1, -0.05) is 6.07 Å². The third-order valence-electron chi connectivity index (χ3n) is 3.60. The topological polar surface area (TPSA) is 65.7 Å². The third-order valence-corrected chi connectivity index (χ3v) is 3.60. The number of ether oxygens (including phenoxy) is 3. The van der Waals surface area contributed by atoms with E-state index in [2.05, 4.69) is 19.3 Å². The van der Waals surface area contributed by atoms with Crippen LogP contribution in [0.4, 0.5) is 0 Å². The van der Waals surface area contributed by atoms with E-state index in [1.807, 2.05) is 18.2 Å². The molecule has 0 saturated carbocycles. The molecule has 5 heteroatoms. The maximum absolute atomic E-state index is 5.67. The number of rotatable bonds is 8. The van der Waals surface area contributed by atoms with Gasteiger partial charge in [0.15, 0.2) is 11.5 Å². The van der Waals surface area contributed by atoms with Crippen LogP contribution in [0.25, 0.3) is 0 Å². The fourth-order valence-electron chi connectivity index (χ4n) is 2.01. The Morgan fingerprint density at radius 2 is 1.80 bits per heavy atom. The molecule has 1 aromatic rings. The molecule has 1 unspecified atom stereocenters. The SMILES string of the molecule is COc1ccc(C(CCC(C)(C)OC)NN)cc1OC. The normalized spacial score (nSPS) is 13.1. The summed E-state index contributed by atoms with van der Waals surface area (Å²) in [5.41, 5.74) is 3.76. The third kappa shape index (κ3) is 4.37. The van der Waals surface area contributed by atoms with Crippen molar-refractivity contribution in [3.63, 3.8) is 0 Å². The van der Waals surface area contributed by atoms with Crippen LogP contribution < -0.4 is 20.7 Å². The quantitative estimate of drug-likeness (QED) is 0.566. The molecule has 0 aliphatic carbocycles. The minimum atomic E-state index is -0.161. The Bertz CT molecular complexity index is 422. The van der Waals surface area contributed by atoms with E-state index < -0.39 is 0 Å². The summed E-state index contributed by atoms with van der Waals surface area (Å²) >= 11 is 0. The van der Waals surface area contributed by atoms with Gasteiger partial charge < -0.3 is 14.2 Å². The Kier molecular flexibility index (Phi) is 6.26. The van der Waals surface area contributed by atoms with E-state index in [1.54, 1.807) is 21.3 Å². The number of methoxy groups -OCH3 is 3. The van der Waals surface area contributed by atoms with Gasteiger partial charge in [0.1, 0.15) is 0 Å². The number of hydrogen-bond donors (Lipinski definition) is 2. The molecule has 0 heterocycles. The van der Waals surface area contributed by atoms with Gasteiger partial charge in [0.2, 0.25) is 0 Å². The van der Waals surface area contributed by atoms with Crippen molar-refractivity contribution in [2.75, 3.05) is 21.3 Å². The van der Waals surface area contributed by atoms with E-state index in [0.717, 1.165) is 18.4 Å². The lowest BCUT2D eigenvalue weighted by Gasteiger charge is -2.26. The molecule has 0 spiro atoms. The summed E-state index contributed by atoms with van der Waals surface area (Å²) in [6, 6.07) is 5.87. The van der Waals surface area contributed by atoms with Crippen LogP contribution in [0.1, 0.15) is 38.3 Å². The molecule has 1 atom stereocenters. The van der Waals surface area contributed by atoms with Crippen molar-refractivity contribution in [1.29, 1.82) is 0 Å². The summed E-state index contributed by atoms with van der Waals surface area (Å²) in [5, 5.41) is 0. The average molecular weight is 282 g/mol. The molecule has 20 heavy (non-hydrogen) atoms. The summed E-state index contributed by atoms with van der Waals surface area (Å²) in [5.74, 6) is 7.09. The molecule has 114 valence electrons. The summed E-state index contributed by atoms with van der Waals surface area (Å²) in [4.78, 5) is 0. The van der Waals surface area contributed by atoms with Crippen LogP contribution >= 0.6 is 0 Å². The van der Waals surface area contributed by atoms with E-state index in [9.17, 15) is 0 Å². The van der Waals surface area contributed by atoms with Gasteiger partial charge in [-0.05, 0) is 44.4 Å². The van der Waals surface area contributed by atoms with Crippen LogP contribution in [-0.4, -0.2) is 26.9 Å². The molecule has 1 aromatic carbocycles. The average Bonchev–Trinajstić information content (AvgIpc) is 2.47. The van der Waals surface area contributed by atoms with Gasteiger partial charge in [0.05, 0.1) is 19.8 Å². The van der Waals surface area contributed by atoms with Crippen molar-refractivity contribution >= 4 is 0 Å². The lowest BCUT2D eigenvalue weighted by atomic mass is 9.95. The first kappa shape index (κ1) is 16.8. The second kappa shape index (κ2) is 7.47. The Hall–Kier alpha value is -1.30. The monoisotopic (exact) mass is 282 g/mol. The maximum Gasteiger partial charge on any atom is 0.161 e. The van der Waals surface area contributed by atoms with Gasteiger partial charge >= 0.3 is 0 Å². The molecule has 0 amide bonds. The molecule has 0 fully saturated rings. The van der Waals surface area contributed by atoms with Crippen molar-refractivity contribution in [2.45, 2.75) is 38.3 Å². The zero-order chi connectivity index (χ0) is 15.2. The Labute approximate surface area is 121 Å². The molecule has 3 N–H and O–H groups in total. The second-order valence-corrected chi connectivity index (χ2v) is 5.34. The van der Waals surface area contributed by atoms with Gasteiger partial charge in [0.25, 0.3) is 0 Å². The standard InChI is InChI=1S/C15H26N2O3/c1-15(2,20-5)9-8-12(17-16)11-6-7-13(18-3)14(10-11)19-4/h6-7,10,12,17H,8-9,16H2,1-5H3. The Balaban J connectivity index is 2.84. The fourth-order valence-corrected chi connectivity index (χ4v) is 2.01. The Morgan fingerprint density at radius 1 is 1.15 bits per heavy atom. The number of nitrogens with one attached hydrogen (secondary N) is 1. The van der Waals surface area contributed by atoms with Crippen LogP contribution in [0.5, 0.6) is 11.5 Å². The minimum Gasteiger partial charge on any atom is -0.493 e. The molecule has 5 nitrogen and oxygen atoms in total. The van der Waals surface area contributed by atoms with Gasteiger partial charge in [-0.15, -0.1) is 0 Å². The number of hydrogen-bond acceptors (Lipinski definition) is 5. The van der Waals surface area contributed by atoms with Crippen molar-refractivity contribution in [3.8, 4) is 11.5 Å². The van der Waals surface area contributed by atoms with Gasteiger partial charge in [-0.25, -0.2) is 0 Å². The molecule has 1 rings (SSSR count). The van der Waals surface area contributed by atoms with Crippen molar-refractivity contribution in [2.24, 2.45) is 5.84 Å². The van der Waals surface area contributed by atoms with E-state index in [4.69, 9.17) is 20.1 Å².